The van der Waals surface area contributed by atoms with E-state index in [1.165, 1.54) is 17.8 Å². The van der Waals surface area contributed by atoms with Crippen molar-refractivity contribution in [2.45, 2.75) is 31.0 Å². The number of primary amides is 1. The smallest absolute Gasteiger partial charge is 0.252 e. The van der Waals surface area contributed by atoms with Gasteiger partial charge in [-0.15, -0.1) is 0 Å². The number of rotatable bonds is 7. The summed E-state index contributed by atoms with van der Waals surface area (Å²) in [5.74, 6) is -0.891. The number of amides is 1. The standard InChI is InChI=1S/C20H25N3O3/c1-23(14-5-3-2-4-6-14)17-9-8-16(17)22-12-19(25)13-7-10-18(24)15(11-13)20(21)26/h2-7,10-11,16-17,19,22,24-25H,8-9,12H2,1H3,(H2,21,26). The maximum atomic E-state index is 11.3. The van der Waals surface area contributed by atoms with E-state index in [4.69, 9.17) is 5.73 Å². The summed E-state index contributed by atoms with van der Waals surface area (Å²) < 4.78 is 0. The first-order valence-electron chi connectivity index (χ1n) is 8.79. The quantitative estimate of drug-likeness (QED) is 0.607. The van der Waals surface area contributed by atoms with Gasteiger partial charge in [-0.3, -0.25) is 4.79 Å². The third-order valence-electron chi connectivity index (χ3n) is 5.14. The van der Waals surface area contributed by atoms with Gasteiger partial charge in [-0.2, -0.15) is 0 Å². The Bertz CT molecular complexity index is 766. The van der Waals surface area contributed by atoms with E-state index >= 15 is 0 Å². The fourth-order valence-electron chi connectivity index (χ4n) is 3.38. The SMILES string of the molecule is CN(c1ccccc1)C1CCC1NCC(O)c1ccc(O)c(C(N)=O)c1. The molecule has 3 rings (SSSR count). The van der Waals surface area contributed by atoms with Gasteiger partial charge in [-0.1, -0.05) is 24.3 Å². The summed E-state index contributed by atoms with van der Waals surface area (Å²) in [6.45, 7) is 0.368. The van der Waals surface area contributed by atoms with E-state index in [0.29, 0.717) is 24.2 Å². The molecule has 6 heteroatoms. The Morgan fingerprint density at radius 2 is 2.00 bits per heavy atom. The predicted molar refractivity (Wildman–Crippen MR) is 101 cm³/mol. The second-order valence-corrected chi connectivity index (χ2v) is 6.76. The van der Waals surface area contributed by atoms with Crippen molar-refractivity contribution >= 4 is 11.6 Å². The second-order valence-electron chi connectivity index (χ2n) is 6.76. The largest absolute Gasteiger partial charge is 0.507 e. The van der Waals surface area contributed by atoms with Crippen LogP contribution in [0.2, 0.25) is 0 Å². The Balaban J connectivity index is 1.59. The fourth-order valence-corrected chi connectivity index (χ4v) is 3.38. The van der Waals surface area contributed by atoms with Crippen molar-refractivity contribution in [3.8, 4) is 5.75 Å². The van der Waals surface area contributed by atoms with Crippen LogP contribution in [0.5, 0.6) is 5.75 Å². The number of hydrogen-bond acceptors (Lipinski definition) is 5. The molecule has 1 fully saturated rings. The van der Waals surface area contributed by atoms with Gasteiger partial charge in [0.15, 0.2) is 0 Å². The molecular weight excluding hydrogens is 330 g/mol. The molecule has 3 unspecified atom stereocenters. The molecule has 0 aliphatic heterocycles. The van der Waals surface area contributed by atoms with Crippen molar-refractivity contribution in [1.82, 2.24) is 5.32 Å². The van der Waals surface area contributed by atoms with E-state index in [1.54, 1.807) is 6.07 Å². The third-order valence-corrected chi connectivity index (χ3v) is 5.14. The normalized spacial score (nSPS) is 20.2. The van der Waals surface area contributed by atoms with Crippen molar-refractivity contribution < 1.29 is 15.0 Å². The van der Waals surface area contributed by atoms with Gasteiger partial charge < -0.3 is 26.2 Å². The van der Waals surface area contributed by atoms with Gasteiger partial charge in [-0.25, -0.2) is 0 Å². The summed E-state index contributed by atoms with van der Waals surface area (Å²) in [6.07, 6.45) is 1.37. The number of nitrogens with two attached hydrogens (primary N) is 1. The minimum Gasteiger partial charge on any atom is -0.507 e. The van der Waals surface area contributed by atoms with Gasteiger partial charge in [0.25, 0.3) is 5.91 Å². The summed E-state index contributed by atoms with van der Waals surface area (Å²) in [7, 11) is 2.09. The lowest BCUT2D eigenvalue weighted by Gasteiger charge is -2.44. The van der Waals surface area contributed by atoms with Crippen LogP contribution in [0, 0.1) is 0 Å². The summed E-state index contributed by atoms with van der Waals surface area (Å²) >= 11 is 0. The number of likely N-dealkylation sites (N-methyl/N-ethyl adjacent to an activating group) is 1. The number of carbonyl (C=O) groups excluding carboxylic acids is 1. The Morgan fingerprint density at radius 3 is 2.62 bits per heavy atom. The summed E-state index contributed by atoms with van der Waals surface area (Å²) in [5, 5.41) is 23.5. The zero-order valence-corrected chi connectivity index (χ0v) is 14.8. The van der Waals surface area contributed by atoms with Crippen LogP contribution in [0.4, 0.5) is 5.69 Å². The van der Waals surface area contributed by atoms with Gasteiger partial charge in [0.05, 0.1) is 11.7 Å². The molecule has 0 aromatic heterocycles. The second kappa shape index (κ2) is 7.76. The van der Waals surface area contributed by atoms with E-state index in [9.17, 15) is 15.0 Å². The molecule has 138 valence electrons. The topological polar surface area (TPSA) is 98.8 Å². The van der Waals surface area contributed by atoms with Crippen LogP contribution in [-0.2, 0) is 0 Å². The van der Waals surface area contributed by atoms with E-state index in [2.05, 4.69) is 29.4 Å². The first kappa shape index (κ1) is 18.2. The van der Waals surface area contributed by atoms with E-state index < -0.39 is 12.0 Å². The maximum absolute atomic E-state index is 11.3. The van der Waals surface area contributed by atoms with Crippen LogP contribution < -0.4 is 16.0 Å². The highest BCUT2D eigenvalue weighted by molar-refractivity contribution is 5.95. The minimum absolute atomic E-state index is 0.0203. The molecule has 0 heterocycles. The van der Waals surface area contributed by atoms with Gasteiger partial charge in [0, 0.05) is 31.4 Å². The average molecular weight is 355 g/mol. The molecule has 0 spiro atoms. The van der Waals surface area contributed by atoms with Crippen LogP contribution in [0.3, 0.4) is 0 Å². The number of nitrogens with one attached hydrogen (secondary N) is 1. The number of anilines is 1. The van der Waals surface area contributed by atoms with Crippen LogP contribution >= 0.6 is 0 Å². The number of carbonyl (C=O) groups is 1. The number of nitrogens with zero attached hydrogens (tertiary/aromatic N) is 1. The fraction of sp³-hybridized carbons (Fsp3) is 0.350. The average Bonchev–Trinajstić information content (AvgIpc) is 2.61. The summed E-state index contributed by atoms with van der Waals surface area (Å²) in [6, 6.07) is 15.3. The number of aliphatic hydroxyl groups is 1. The minimum atomic E-state index is -0.781. The lowest BCUT2D eigenvalue weighted by molar-refractivity contribution is 0.0997. The maximum Gasteiger partial charge on any atom is 0.252 e. The van der Waals surface area contributed by atoms with E-state index in [1.807, 2.05) is 18.2 Å². The molecule has 1 amide bonds. The molecule has 2 aromatic carbocycles. The highest BCUT2D eigenvalue weighted by Crippen LogP contribution is 2.29. The van der Waals surface area contributed by atoms with Crippen LogP contribution in [0.25, 0.3) is 0 Å². The summed E-state index contributed by atoms with van der Waals surface area (Å²) in [4.78, 5) is 13.6. The lowest BCUT2D eigenvalue weighted by Crippen LogP contribution is -2.56. The zero-order valence-electron chi connectivity index (χ0n) is 14.8. The third kappa shape index (κ3) is 3.81. The molecule has 1 aliphatic rings. The van der Waals surface area contributed by atoms with E-state index in [-0.39, 0.29) is 11.3 Å². The van der Waals surface area contributed by atoms with Crippen LogP contribution in [0.1, 0.15) is 34.9 Å². The van der Waals surface area contributed by atoms with Crippen LogP contribution in [0.15, 0.2) is 48.5 Å². The molecule has 26 heavy (non-hydrogen) atoms. The first-order valence-corrected chi connectivity index (χ1v) is 8.79. The lowest BCUT2D eigenvalue weighted by atomic mass is 9.84. The first-order chi connectivity index (χ1) is 12.5. The Labute approximate surface area is 153 Å². The molecule has 0 radical (unpaired) electrons. The molecule has 0 saturated heterocycles. The number of para-hydroxylation sites is 1. The molecule has 1 aliphatic carbocycles. The van der Waals surface area contributed by atoms with Crippen molar-refractivity contribution in [3.05, 3.63) is 59.7 Å². The van der Waals surface area contributed by atoms with Crippen molar-refractivity contribution in [2.24, 2.45) is 5.73 Å². The molecule has 0 bridgehead atoms. The molecular formula is C20H25N3O3. The molecule has 6 nitrogen and oxygen atoms in total. The zero-order chi connectivity index (χ0) is 18.7. The van der Waals surface area contributed by atoms with Crippen molar-refractivity contribution in [3.63, 3.8) is 0 Å². The van der Waals surface area contributed by atoms with Crippen LogP contribution in [-0.4, -0.2) is 41.8 Å². The predicted octanol–water partition coefficient (Wildman–Crippen LogP) is 1.78. The molecule has 5 N–H and O–H groups in total. The van der Waals surface area contributed by atoms with Gasteiger partial charge in [0.1, 0.15) is 5.75 Å². The number of phenols is 1. The Hall–Kier alpha value is -2.57. The van der Waals surface area contributed by atoms with Crippen molar-refractivity contribution in [2.75, 3.05) is 18.5 Å². The Morgan fingerprint density at radius 1 is 1.27 bits per heavy atom. The monoisotopic (exact) mass is 355 g/mol. The van der Waals surface area contributed by atoms with Gasteiger partial charge in [-0.05, 0) is 42.7 Å². The molecule has 2 aromatic rings. The molecule has 1 saturated carbocycles. The van der Waals surface area contributed by atoms with E-state index in [0.717, 1.165) is 12.8 Å². The highest BCUT2D eigenvalue weighted by atomic mass is 16.3. The number of aromatic hydroxyl groups is 1. The Kier molecular flexibility index (Phi) is 5.44. The van der Waals surface area contributed by atoms with Gasteiger partial charge >= 0.3 is 0 Å². The van der Waals surface area contributed by atoms with Crippen molar-refractivity contribution in [1.29, 1.82) is 0 Å². The number of aliphatic hydroxyl groups excluding tert-OH is 1. The number of benzene rings is 2. The molecule has 3 atom stereocenters. The number of hydrogen-bond donors (Lipinski definition) is 4. The highest BCUT2D eigenvalue weighted by Gasteiger charge is 2.34. The van der Waals surface area contributed by atoms with Gasteiger partial charge in [0.2, 0.25) is 0 Å². The summed E-state index contributed by atoms with van der Waals surface area (Å²) in [5.41, 5.74) is 6.99.